The average Bonchev–Trinajstić information content (AvgIpc) is 2.71. The number of nitrogens with one attached hydrogen (secondary N) is 1. The third kappa shape index (κ3) is 2.47. The maximum absolute atomic E-state index is 9.96. The molecule has 0 radical (unpaired) electrons. The molecule has 1 fully saturated rings. The molecule has 0 spiro atoms. The van der Waals surface area contributed by atoms with E-state index in [2.05, 4.69) is 5.32 Å². The Morgan fingerprint density at radius 3 is 2.57 bits per heavy atom. The molecule has 78 valence electrons. The molecule has 1 heterocycles. The molecule has 1 saturated heterocycles. The lowest BCUT2D eigenvalue weighted by atomic mass is 10.0. The number of hydrogen-bond acceptors (Lipinski definition) is 2. The van der Waals surface area contributed by atoms with Gasteiger partial charge in [0.1, 0.15) is 0 Å². The molecule has 0 bridgehead atoms. The molecule has 0 unspecified atom stereocenters. The van der Waals surface area contributed by atoms with E-state index in [0.29, 0.717) is 0 Å². The topological polar surface area (TPSA) is 32.3 Å². The maximum Gasteiger partial charge on any atom is 0.0942 e. The van der Waals surface area contributed by atoms with Crippen LogP contribution >= 0.6 is 12.4 Å². The highest BCUT2D eigenvalue weighted by Crippen LogP contribution is 2.22. The quantitative estimate of drug-likeness (QED) is 0.787. The number of hydrogen-bond donors (Lipinski definition) is 2. The molecule has 2 atom stereocenters. The summed E-state index contributed by atoms with van der Waals surface area (Å²) in [5.41, 5.74) is 1.02. The Morgan fingerprint density at radius 1 is 1.29 bits per heavy atom. The van der Waals surface area contributed by atoms with Gasteiger partial charge >= 0.3 is 0 Å². The second-order valence-corrected chi connectivity index (χ2v) is 3.56. The van der Waals surface area contributed by atoms with Crippen LogP contribution in [0, 0.1) is 0 Å². The second-order valence-electron chi connectivity index (χ2n) is 3.56. The monoisotopic (exact) mass is 213 g/mol. The van der Waals surface area contributed by atoms with E-state index in [1.165, 1.54) is 6.42 Å². The van der Waals surface area contributed by atoms with Crippen molar-refractivity contribution in [2.24, 2.45) is 0 Å². The molecule has 14 heavy (non-hydrogen) atoms. The molecule has 1 aliphatic heterocycles. The second kappa shape index (κ2) is 5.35. The SMILES string of the molecule is Cl.O[C@H](c1ccccc1)[C@@H]1CCCN1. The first-order chi connectivity index (χ1) is 6.38. The van der Waals surface area contributed by atoms with Gasteiger partial charge in [0.2, 0.25) is 0 Å². The van der Waals surface area contributed by atoms with Gasteiger partial charge < -0.3 is 10.4 Å². The van der Waals surface area contributed by atoms with Gasteiger partial charge in [-0.25, -0.2) is 0 Å². The Kier molecular flexibility index (Phi) is 4.39. The predicted octanol–water partition coefficient (Wildman–Crippen LogP) is 1.89. The van der Waals surface area contributed by atoms with E-state index in [-0.39, 0.29) is 24.6 Å². The molecule has 2 rings (SSSR count). The van der Waals surface area contributed by atoms with Crippen molar-refractivity contribution in [1.29, 1.82) is 0 Å². The summed E-state index contributed by atoms with van der Waals surface area (Å²) in [7, 11) is 0. The summed E-state index contributed by atoms with van der Waals surface area (Å²) >= 11 is 0. The van der Waals surface area contributed by atoms with Crippen molar-refractivity contribution in [3.05, 3.63) is 35.9 Å². The summed E-state index contributed by atoms with van der Waals surface area (Å²) in [5.74, 6) is 0. The van der Waals surface area contributed by atoms with E-state index < -0.39 is 0 Å². The molecule has 1 aromatic rings. The third-order valence-corrected chi connectivity index (χ3v) is 2.62. The van der Waals surface area contributed by atoms with Crippen LogP contribution < -0.4 is 5.32 Å². The zero-order chi connectivity index (χ0) is 9.10. The van der Waals surface area contributed by atoms with Gasteiger partial charge in [-0.1, -0.05) is 30.3 Å². The summed E-state index contributed by atoms with van der Waals surface area (Å²) in [6, 6.07) is 10.1. The summed E-state index contributed by atoms with van der Waals surface area (Å²) in [4.78, 5) is 0. The molecular weight excluding hydrogens is 198 g/mol. The smallest absolute Gasteiger partial charge is 0.0942 e. The predicted molar refractivity (Wildman–Crippen MR) is 59.7 cm³/mol. The molecule has 1 aromatic carbocycles. The minimum Gasteiger partial charge on any atom is -0.387 e. The van der Waals surface area contributed by atoms with Crippen LogP contribution in [0.2, 0.25) is 0 Å². The number of rotatable bonds is 2. The van der Waals surface area contributed by atoms with Crippen LogP contribution in [-0.4, -0.2) is 17.7 Å². The summed E-state index contributed by atoms with van der Waals surface area (Å²) in [6.07, 6.45) is 1.91. The largest absolute Gasteiger partial charge is 0.387 e. The van der Waals surface area contributed by atoms with Gasteiger partial charge in [0.15, 0.2) is 0 Å². The first-order valence-corrected chi connectivity index (χ1v) is 4.84. The Morgan fingerprint density at radius 2 is 2.00 bits per heavy atom. The van der Waals surface area contributed by atoms with E-state index in [1.807, 2.05) is 30.3 Å². The normalized spacial score (nSPS) is 22.8. The van der Waals surface area contributed by atoms with Crippen molar-refractivity contribution in [2.45, 2.75) is 25.0 Å². The highest BCUT2D eigenvalue weighted by molar-refractivity contribution is 5.85. The van der Waals surface area contributed by atoms with Crippen LogP contribution in [-0.2, 0) is 0 Å². The average molecular weight is 214 g/mol. The lowest BCUT2D eigenvalue weighted by Crippen LogP contribution is -2.28. The first-order valence-electron chi connectivity index (χ1n) is 4.84. The minimum atomic E-state index is -0.344. The molecule has 2 N–H and O–H groups in total. The lowest BCUT2D eigenvalue weighted by molar-refractivity contribution is 0.137. The molecule has 0 amide bonds. The number of benzene rings is 1. The van der Waals surface area contributed by atoms with Gasteiger partial charge in [-0.3, -0.25) is 0 Å². The highest BCUT2D eigenvalue weighted by atomic mass is 35.5. The Labute approximate surface area is 90.7 Å². The van der Waals surface area contributed by atoms with Gasteiger partial charge in [-0.2, -0.15) is 0 Å². The molecule has 0 saturated carbocycles. The van der Waals surface area contributed by atoms with E-state index >= 15 is 0 Å². The molecule has 2 nitrogen and oxygen atoms in total. The van der Waals surface area contributed by atoms with Crippen LogP contribution in [0.5, 0.6) is 0 Å². The van der Waals surface area contributed by atoms with Crippen LogP contribution in [0.3, 0.4) is 0 Å². The molecule has 0 aliphatic carbocycles. The third-order valence-electron chi connectivity index (χ3n) is 2.62. The van der Waals surface area contributed by atoms with Gasteiger partial charge in [0.05, 0.1) is 6.10 Å². The van der Waals surface area contributed by atoms with Crippen molar-refractivity contribution in [2.75, 3.05) is 6.54 Å². The summed E-state index contributed by atoms with van der Waals surface area (Å²) in [6.45, 7) is 1.04. The van der Waals surface area contributed by atoms with Crippen LogP contribution in [0.25, 0.3) is 0 Å². The summed E-state index contributed by atoms with van der Waals surface area (Å²) in [5, 5.41) is 13.3. The highest BCUT2D eigenvalue weighted by Gasteiger charge is 2.23. The Hall–Kier alpha value is -0.570. The zero-order valence-corrected chi connectivity index (χ0v) is 8.83. The minimum absolute atomic E-state index is 0. The zero-order valence-electron chi connectivity index (χ0n) is 8.02. The Balaban J connectivity index is 0.000000980. The van der Waals surface area contributed by atoms with Gasteiger partial charge in [-0.15, -0.1) is 12.4 Å². The first kappa shape index (κ1) is 11.5. The van der Waals surface area contributed by atoms with Crippen LogP contribution in [0.15, 0.2) is 30.3 Å². The van der Waals surface area contributed by atoms with Gasteiger partial charge in [0.25, 0.3) is 0 Å². The van der Waals surface area contributed by atoms with Crippen molar-refractivity contribution in [3.63, 3.8) is 0 Å². The molecule has 0 aromatic heterocycles. The number of halogens is 1. The molecule has 1 aliphatic rings. The van der Waals surface area contributed by atoms with Crippen molar-refractivity contribution in [1.82, 2.24) is 5.32 Å². The number of aliphatic hydroxyl groups excluding tert-OH is 1. The van der Waals surface area contributed by atoms with Crippen molar-refractivity contribution >= 4 is 12.4 Å². The maximum atomic E-state index is 9.96. The lowest BCUT2D eigenvalue weighted by Gasteiger charge is -2.18. The number of aliphatic hydroxyl groups is 1. The molecule has 3 heteroatoms. The van der Waals surface area contributed by atoms with Crippen molar-refractivity contribution in [3.8, 4) is 0 Å². The van der Waals surface area contributed by atoms with E-state index in [1.54, 1.807) is 0 Å². The van der Waals surface area contributed by atoms with Gasteiger partial charge in [0, 0.05) is 6.04 Å². The van der Waals surface area contributed by atoms with Crippen LogP contribution in [0.1, 0.15) is 24.5 Å². The van der Waals surface area contributed by atoms with E-state index in [4.69, 9.17) is 0 Å². The summed E-state index contributed by atoms with van der Waals surface area (Å²) < 4.78 is 0. The fourth-order valence-corrected chi connectivity index (χ4v) is 1.86. The fourth-order valence-electron chi connectivity index (χ4n) is 1.86. The Bertz CT molecular complexity index is 259. The standard InChI is InChI=1S/C11H15NO.ClH/c13-11(10-7-4-8-12-10)9-5-2-1-3-6-9;/h1-3,5-6,10-13H,4,7-8H2;1H/t10-,11+;/m0./s1. The fraction of sp³-hybridized carbons (Fsp3) is 0.455. The van der Waals surface area contributed by atoms with Crippen molar-refractivity contribution < 1.29 is 5.11 Å². The van der Waals surface area contributed by atoms with E-state index in [0.717, 1.165) is 18.5 Å². The van der Waals surface area contributed by atoms with Gasteiger partial charge in [-0.05, 0) is 24.9 Å². The molecular formula is C11H16ClNO. The van der Waals surface area contributed by atoms with Crippen LogP contribution in [0.4, 0.5) is 0 Å². The van der Waals surface area contributed by atoms with E-state index in [9.17, 15) is 5.11 Å².